The second kappa shape index (κ2) is 4.18. The van der Waals surface area contributed by atoms with Gasteiger partial charge in [0.05, 0.1) is 11.0 Å². The molecule has 3 rings (SSSR count). The van der Waals surface area contributed by atoms with E-state index in [1.54, 1.807) is 12.4 Å². The number of pyridine rings is 1. The molecule has 2 aromatic heterocycles. The summed E-state index contributed by atoms with van der Waals surface area (Å²) in [5.41, 5.74) is 4.01. The zero-order valence-corrected chi connectivity index (χ0v) is 9.78. The van der Waals surface area contributed by atoms with Gasteiger partial charge in [0.15, 0.2) is 0 Å². The van der Waals surface area contributed by atoms with Gasteiger partial charge in [0.1, 0.15) is 5.82 Å². The molecule has 0 fully saturated rings. The van der Waals surface area contributed by atoms with Crippen molar-refractivity contribution in [3.8, 4) is 11.4 Å². The van der Waals surface area contributed by atoms with Crippen molar-refractivity contribution in [2.45, 2.75) is 5.88 Å². The first kappa shape index (κ1) is 10.3. The summed E-state index contributed by atoms with van der Waals surface area (Å²) in [5, 5.41) is 0. The number of alkyl halides is 1. The van der Waals surface area contributed by atoms with Crippen molar-refractivity contribution in [3.05, 3.63) is 48.3 Å². The first-order valence-electron chi connectivity index (χ1n) is 5.32. The fourth-order valence-corrected chi connectivity index (χ4v) is 1.95. The van der Waals surface area contributed by atoms with Crippen LogP contribution in [-0.4, -0.2) is 15.0 Å². The van der Waals surface area contributed by atoms with Crippen LogP contribution in [0, 0.1) is 0 Å². The Hall–Kier alpha value is -1.87. The van der Waals surface area contributed by atoms with E-state index >= 15 is 0 Å². The van der Waals surface area contributed by atoms with Gasteiger partial charge in [-0.05, 0) is 29.8 Å². The Kier molecular flexibility index (Phi) is 2.53. The molecule has 3 aromatic rings. The van der Waals surface area contributed by atoms with Gasteiger partial charge in [-0.1, -0.05) is 6.07 Å². The highest BCUT2D eigenvalue weighted by Gasteiger charge is 2.05. The summed E-state index contributed by atoms with van der Waals surface area (Å²) >= 11 is 5.81. The normalized spacial score (nSPS) is 10.9. The molecule has 0 bridgehead atoms. The Balaban J connectivity index is 2.14. The van der Waals surface area contributed by atoms with Crippen molar-refractivity contribution in [1.82, 2.24) is 15.0 Å². The summed E-state index contributed by atoms with van der Waals surface area (Å²) in [4.78, 5) is 11.9. The standard InChI is InChI=1S/C13H10ClN3/c14-7-9-3-4-11-12(6-9)17-13(16-11)10-2-1-5-15-8-10/h1-6,8H,7H2,(H,16,17). The molecule has 4 heteroatoms. The van der Waals surface area contributed by atoms with Crippen molar-refractivity contribution in [1.29, 1.82) is 0 Å². The Morgan fingerprint density at radius 3 is 2.94 bits per heavy atom. The lowest BCUT2D eigenvalue weighted by molar-refractivity contribution is 1.27. The molecule has 1 aromatic carbocycles. The topological polar surface area (TPSA) is 41.6 Å². The molecular weight excluding hydrogens is 234 g/mol. The van der Waals surface area contributed by atoms with Gasteiger partial charge in [-0.3, -0.25) is 4.98 Å². The van der Waals surface area contributed by atoms with Crippen LogP contribution < -0.4 is 0 Å². The largest absolute Gasteiger partial charge is 0.338 e. The predicted molar refractivity (Wildman–Crippen MR) is 68.9 cm³/mol. The van der Waals surface area contributed by atoms with Crippen molar-refractivity contribution in [3.63, 3.8) is 0 Å². The van der Waals surface area contributed by atoms with Gasteiger partial charge in [0.2, 0.25) is 0 Å². The molecule has 1 N–H and O–H groups in total. The third kappa shape index (κ3) is 1.89. The minimum Gasteiger partial charge on any atom is -0.338 e. The summed E-state index contributed by atoms with van der Waals surface area (Å²) in [6.45, 7) is 0. The lowest BCUT2D eigenvalue weighted by Gasteiger charge is -1.93. The molecule has 0 aliphatic rings. The molecule has 0 unspecified atom stereocenters. The maximum absolute atomic E-state index is 5.81. The molecule has 0 saturated heterocycles. The van der Waals surface area contributed by atoms with E-state index in [1.165, 1.54) is 0 Å². The van der Waals surface area contributed by atoms with Crippen LogP contribution in [0.25, 0.3) is 22.4 Å². The number of hydrogen-bond donors (Lipinski definition) is 1. The molecule has 0 atom stereocenters. The van der Waals surface area contributed by atoms with Gasteiger partial charge in [0, 0.05) is 23.8 Å². The average molecular weight is 244 g/mol. The number of halogens is 1. The van der Waals surface area contributed by atoms with E-state index in [2.05, 4.69) is 15.0 Å². The maximum atomic E-state index is 5.81. The number of aromatic amines is 1. The lowest BCUT2D eigenvalue weighted by Crippen LogP contribution is -1.80. The highest BCUT2D eigenvalue weighted by Crippen LogP contribution is 2.20. The highest BCUT2D eigenvalue weighted by molar-refractivity contribution is 6.17. The van der Waals surface area contributed by atoms with E-state index in [4.69, 9.17) is 11.6 Å². The van der Waals surface area contributed by atoms with Gasteiger partial charge in [-0.2, -0.15) is 0 Å². The minimum atomic E-state index is 0.511. The number of hydrogen-bond acceptors (Lipinski definition) is 2. The number of benzene rings is 1. The Bertz CT molecular complexity index is 646. The smallest absolute Gasteiger partial charge is 0.140 e. The number of imidazole rings is 1. The van der Waals surface area contributed by atoms with Gasteiger partial charge in [-0.25, -0.2) is 4.98 Å². The van der Waals surface area contributed by atoms with Crippen LogP contribution in [0.15, 0.2) is 42.7 Å². The quantitative estimate of drug-likeness (QED) is 0.701. The van der Waals surface area contributed by atoms with E-state index < -0.39 is 0 Å². The summed E-state index contributed by atoms with van der Waals surface area (Å²) in [5.74, 6) is 1.34. The predicted octanol–water partition coefficient (Wildman–Crippen LogP) is 3.36. The van der Waals surface area contributed by atoms with Crippen LogP contribution in [0.3, 0.4) is 0 Å². The fourth-order valence-electron chi connectivity index (χ4n) is 1.78. The molecule has 17 heavy (non-hydrogen) atoms. The van der Waals surface area contributed by atoms with Crippen molar-refractivity contribution in [2.75, 3.05) is 0 Å². The minimum absolute atomic E-state index is 0.511. The van der Waals surface area contributed by atoms with Crippen LogP contribution in [0.4, 0.5) is 0 Å². The maximum Gasteiger partial charge on any atom is 0.140 e. The first-order chi connectivity index (χ1) is 8.36. The van der Waals surface area contributed by atoms with Crippen LogP contribution in [0.5, 0.6) is 0 Å². The van der Waals surface area contributed by atoms with Gasteiger partial charge in [-0.15, -0.1) is 11.6 Å². The second-order valence-corrected chi connectivity index (χ2v) is 4.08. The molecule has 84 valence electrons. The van der Waals surface area contributed by atoms with Crippen LogP contribution >= 0.6 is 11.6 Å². The van der Waals surface area contributed by atoms with E-state index in [-0.39, 0.29) is 0 Å². The van der Waals surface area contributed by atoms with Gasteiger partial charge >= 0.3 is 0 Å². The Labute approximate surface area is 103 Å². The summed E-state index contributed by atoms with van der Waals surface area (Å²) < 4.78 is 0. The highest BCUT2D eigenvalue weighted by atomic mass is 35.5. The van der Waals surface area contributed by atoms with Gasteiger partial charge in [0.25, 0.3) is 0 Å². The summed E-state index contributed by atoms with van der Waals surface area (Å²) in [6, 6.07) is 9.86. The molecule has 0 aliphatic heterocycles. The zero-order valence-electron chi connectivity index (χ0n) is 9.02. The van der Waals surface area contributed by atoms with Crippen LogP contribution in [0.1, 0.15) is 5.56 Å². The number of nitrogens with one attached hydrogen (secondary N) is 1. The number of rotatable bonds is 2. The number of nitrogens with zero attached hydrogens (tertiary/aromatic N) is 2. The SMILES string of the molecule is ClCc1ccc2nc(-c3cccnc3)[nH]c2c1. The monoisotopic (exact) mass is 243 g/mol. The number of aromatic nitrogens is 3. The third-order valence-electron chi connectivity index (χ3n) is 2.64. The van der Waals surface area contributed by atoms with Gasteiger partial charge < -0.3 is 4.98 Å². The number of H-pyrrole nitrogens is 1. The molecule has 3 nitrogen and oxygen atoms in total. The van der Waals surface area contributed by atoms with E-state index in [0.717, 1.165) is 28.0 Å². The Morgan fingerprint density at radius 1 is 1.24 bits per heavy atom. The molecule has 0 amide bonds. The molecule has 0 aliphatic carbocycles. The second-order valence-electron chi connectivity index (χ2n) is 3.81. The lowest BCUT2D eigenvalue weighted by atomic mass is 10.2. The van der Waals surface area contributed by atoms with Crippen molar-refractivity contribution >= 4 is 22.6 Å². The summed E-state index contributed by atoms with van der Waals surface area (Å²) in [7, 11) is 0. The average Bonchev–Trinajstić information content (AvgIpc) is 2.82. The Morgan fingerprint density at radius 2 is 2.18 bits per heavy atom. The fraction of sp³-hybridized carbons (Fsp3) is 0.0769. The molecule has 0 saturated carbocycles. The van der Waals surface area contributed by atoms with Crippen LogP contribution in [-0.2, 0) is 5.88 Å². The third-order valence-corrected chi connectivity index (χ3v) is 2.94. The van der Waals surface area contributed by atoms with Crippen molar-refractivity contribution in [2.24, 2.45) is 0 Å². The molecule has 0 spiro atoms. The van der Waals surface area contributed by atoms with E-state index in [9.17, 15) is 0 Å². The number of fused-ring (bicyclic) bond motifs is 1. The zero-order chi connectivity index (χ0) is 11.7. The van der Waals surface area contributed by atoms with Crippen molar-refractivity contribution < 1.29 is 0 Å². The molecule has 0 radical (unpaired) electrons. The molecule has 2 heterocycles. The summed E-state index contributed by atoms with van der Waals surface area (Å²) in [6.07, 6.45) is 3.54. The van der Waals surface area contributed by atoms with Crippen LogP contribution in [0.2, 0.25) is 0 Å². The van der Waals surface area contributed by atoms with E-state index in [0.29, 0.717) is 5.88 Å². The first-order valence-corrected chi connectivity index (χ1v) is 5.85. The van der Waals surface area contributed by atoms with E-state index in [1.807, 2.05) is 30.3 Å². The molecular formula is C13H10ClN3.